The predicted octanol–water partition coefficient (Wildman–Crippen LogP) is 4.31. The fourth-order valence-corrected chi connectivity index (χ4v) is 4.47. The summed E-state index contributed by atoms with van der Waals surface area (Å²) in [5.74, 6) is -0.158. The number of rotatable bonds is 4. The van der Waals surface area contributed by atoms with Crippen LogP contribution in [0.15, 0.2) is 29.7 Å². The molecule has 5 nitrogen and oxygen atoms in total. The van der Waals surface area contributed by atoms with E-state index in [1.54, 1.807) is 28.7 Å². The Balaban J connectivity index is 1.47. The van der Waals surface area contributed by atoms with Gasteiger partial charge >= 0.3 is 0 Å². The Morgan fingerprint density at radius 2 is 2.12 bits per heavy atom. The van der Waals surface area contributed by atoms with Crippen LogP contribution in [0.2, 0.25) is 0 Å². The molecule has 3 heterocycles. The molecule has 128 valence electrons. The number of aryl methyl sites for hydroxylation is 1. The first-order valence-electron chi connectivity index (χ1n) is 8.24. The van der Waals surface area contributed by atoms with E-state index in [9.17, 15) is 4.79 Å². The van der Waals surface area contributed by atoms with Gasteiger partial charge in [-0.1, -0.05) is 11.3 Å². The summed E-state index contributed by atoms with van der Waals surface area (Å²) in [4.78, 5) is 23.5. The van der Waals surface area contributed by atoms with Crippen LogP contribution in [0, 0.1) is 6.92 Å². The zero-order chi connectivity index (χ0) is 17.2. The monoisotopic (exact) mass is 370 g/mol. The number of nitrogens with one attached hydrogen (secondary N) is 1. The molecule has 1 amide bonds. The minimum Gasteiger partial charge on any atom is -0.348 e. The third kappa shape index (κ3) is 3.72. The van der Waals surface area contributed by atoms with Gasteiger partial charge in [-0.15, -0.1) is 11.3 Å². The summed E-state index contributed by atoms with van der Waals surface area (Å²) in [5, 5.41) is 6.91. The van der Waals surface area contributed by atoms with E-state index in [0.29, 0.717) is 0 Å². The lowest BCUT2D eigenvalue weighted by molar-refractivity contribution is -0.111. The normalized spacial score (nSPS) is 14.7. The van der Waals surface area contributed by atoms with Gasteiger partial charge in [0.15, 0.2) is 5.13 Å². The van der Waals surface area contributed by atoms with E-state index in [0.717, 1.165) is 44.8 Å². The van der Waals surface area contributed by atoms with Gasteiger partial charge in [-0.2, -0.15) is 0 Å². The lowest BCUT2D eigenvalue weighted by atomic mass is 10.3. The Morgan fingerprint density at radius 1 is 1.28 bits per heavy atom. The van der Waals surface area contributed by atoms with Crippen molar-refractivity contribution in [2.75, 3.05) is 23.3 Å². The maximum absolute atomic E-state index is 12.1. The molecule has 0 spiro atoms. The number of thiazole rings is 2. The summed E-state index contributed by atoms with van der Waals surface area (Å²) in [6, 6.07) is 5.86. The molecule has 25 heavy (non-hydrogen) atoms. The van der Waals surface area contributed by atoms with Crippen LogP contribution in [0.3, 0.4) is 0 Å². The number of carbonyl (C=O) groups is 1. The summed E-state index contributed by atoms with van der Waals surface area (Å²) in [6.07, 6.45) is 5.72. The molecular formula is C18H18N4OS2. The van der Waals surface area contributed by atoms with Gasteiger partial charge in [0, 0.05) is 30.2 Å². The van der Waals surface area contributed by atoms with Gasteiger partial charge in [0.25, 0.3) is 0 Å². The minimum absolute atomic E-state index is 0.158. The zero-order valence-electron chi connectivity index (χ0n) is 13.9. The molecular weight excluding hydrogens is 352 g/mol. The van der Waals surface area contributed by atoms with Crippen LogP contribution in [-0.2, 0) is 4.79 Å². The first kappa shape index (κ1) is 16.2. The van der Waals surface area contributed by atoms with Crippen molar-refractivity contribution in [1.82, 2.24) is 9.97 Å². The van der Waals surface area contributed by atoms with Gasteiger partial charge < -0.3 is 10.2 Å². The third-order valence-corrected chi connectivity index (χ3v) is 5.93. The van der Waals surface area contributed by atoms with Crippen molar-refractivity contribution in [3.05, 3.63) is 40.4 Å². The molecule has 4 rings (SSSR count). The van der Waals surface area contributed by atoms with Crippen LogP contribution < -0.4 is 10.2 Å². The van der Waals surface area contributed by atoms with Gasteiger partial charge in [0.05, 0.1) is 20.9 Å². The van der Waals surface area contributed by atoms with Crippen LogP contribution >= 0.6 is 22.7 Å². The SMILES string of the molecule is Cc1nc(/C=C/C(=O)Nc2ccc3nc(N4CCCC4)sc3c2)cs1. The lowest BCUT2D eigenvalue weighted by Crippen LogP contribution is -2.16. The number of hydrogen-bond acceptors (Lipinski definition) is 6. The van der Waals surface area contributed by atoms with Crippen molar-refractivity contribution >= 4 is 55.7 Å². The topological polar surface area (TPSA) is 58.1 Å². The molecule has 0 saturated carbocycles. The number of fused-ring (bicyclic) bond motifs is 1. The van der Waals surface area contributed by atoms with Crippen molar-refractivity contribution in [3.8, 4) is 0 Å². The van der Waals surface area contributed by atoms with Crippen molar-refractivity contribution < 1.29 is 4.79 Å². The first-order chi connectivity index (χ1) is 12.2. The second kappa shape index (κ2) is 6.93. The fraction of sp³-hybridized carbons (Fsp3) is 0.278. The Kier molecular flexibility index (Phi) is 4.50. The average molecular weight is 371 g/mol. The Hall–Kier alpha value is -2.25. The molecule has 1 fully saturated rings. The maximum atomic E-state index is 12.1. The van der Waals surface area contributed by atoms with E-state index in [-0.39, 0.29) is 5.91 Å². The third-order valence-electron chi connectivity index (χ3n) is 4.06. The molecule has 0 radical (unpaired) electrons. The Bertz CT molecular complexity index is 938. The molecule has 1 aliphatic heterocycles. The van der Waals surface area contributed by atoms with E-state index >= 15 is 0 Å². The number of anilines is 2. The van der Waals surface area contributed by atoms with Crippen LogP contribution in [0.5, 0.6) is 0 Å². The van der Waals surface area contributed by atoms with E-state index in [2.05, 4.69) is 15.2 Å². The number of carbonyl (C=O) groups excluding carboxylic acids is 1. The number of hydrogen-bond donors (Lipinski definition) is 1. The fourth-order valence-electron chi connectivity index (χ4n) is 2.84. The summed E-state index contributed by atoms with van der Waals surface area (Å²) in [7, 11) is 0. The number of nitrogens with zero attached hydrogens (tertiary/aromatic N) is 3. The number of amides is 1. The standard InChI is InChI=1S/C18H18N4OS2/c1-12-19-14(11-24-12)5-7-17(23)20-13-4-6-15-16(10-13)25-18(21-15)22-8-2-3-9-22/h4-7,10-11H,2-3,8-9H2,1H3,(H,20,23)/b7-5+. The second-order valence-corrected chi connectivity index (χ2v) is 8.06. The van der Waals surface area contributed by atoms with Crippen LogP contribution in [-0.4, -0.2) is 29.0 Å². The van der Waals surface area contributed by atoms with Crippen LogP contribution in [0.1, 0.15) is 23.5 Å². The minimum atomic E-state index is -0.158. The van der Waals surface area contributed by atoms with Crippen molar-refractivity contribution in [3.63, 3.8) is 0 Å². The molecule has 0 atom stereocenters. The van der Waals surface area contributed by atoms with E-state index in [1.807, 2.05) is 30.5 Å². The summed E-state index contributed by atoms with van der Waals surface area (Å²) in [5.41, 5.74) is 2.58. The lowest BCUT2D eigenvalue weighted by Gasteiger charge is -2.11. The van der Waals surface area contributed by atoms with Crippen molar-refractivity contribution in [1.29, 1.82) is 0 Å². The van der Waals surface area contributed by atoms with Gasteiger partial charge in [-0.05, 0) is 44.0 Å². The van der Waals surface area contributed by atoms with E-state index in [4.69, 9.17) is 4.98 Å². The molecule has 1 N–H and O–H groups in total. The predicted molar refractivity (Wildman–Crippen MR) is 106 cm³/mol. The van der Waals surface area contributed by atoms with Crippen LogP contribution in [0.25, 0.3) is 16.3 Å². The molecule has 0 unspecified atom stereocenters. The van der Waals surface area contributed by atoms with Gasteiger partial charge in [-0.25, -0.2) is 9.97 Å². The van der Waals surface area contributed by atoms with Gasteiger partial charge in [-0.3, -0.25) is 4.79 Å². The molecule has 1 aromatic carbocycles. The van der Waals surface area contributed by atoms with E-state index < -0.39 is 0 Å². The zero-order valence-corrected chi connectivity index (χ0v) is 15.5. The highest BCUT2D eigenvalue weighted by Crippen LogP contribution is 2.32. The smallest absolute Gasteiger partial charge is 0.248 e. The van der Waals surface area contributed by atoms with E-state index in [1.165, 1.54) is 18.9 Å². The Labute approximate surface area is 154 Å². The van der Waals surface area contributed by atoms with Crippen molar-refractivity contribution in [2.45, 2.75) is 19.8 Å². The molecule has 2 aromatic heterocycles. The highest BCUT2D eigenvalue weighted by atomic mass is 32.1. The maximum Gasteiger partial charge on any atom is 0.248 e. The molecule has 3 aromatic rings. The summed E-state index contributed by atoms with van der Waals surface area (Å²) >= 11 is 3.26. The van der Waals surface area contributed by atoms with Gasteiger partial charge in [0.2, 0.25) is 5.91 Å². The number of benzene rings is 1. The molecule has 1 aliphatic rings. The number of aromatic nitrogens is 2. The van der Waals surface area contributed by atoms with Crippen LogP contribution in [0.4, 0.5) is 10.8 Å². The highest BCUT2D eigenvalue weighted by Gasteiger charge is 2.16. The molecule has 0 aliphatic carbocycles. The summed E-state index contributed by atoms with van der Waals surface area (Å²) < 4.78 is 1.10. The Morgan fingerprint density at radius 3 is 2.88 bits per heavy atom. The largest absolute Gasteiger partial charge is 0.348 e. The quantitative estimate of drug-likeness (QED) is 0.695. The second-order valence-electron chi connectivity index (χ2n) is 5.99. The molecule has 1 saturated heterocycles. The average Bonchev–Trinajstić information content (AvgIpc) is 3.32. The highest BCUT2D eigenvalue weighted by molar-refractivity contribution is 7.22. The molecule has 7 heteroatoms. The first-order valence-corrected chi connectivity index (χ1v) is 9.94. The molecule has 0 bridgehead atoms. The summed E-state index contributed by atoms with van der Waals surface area (Å²) in [6.45, 7) is 4.12. The van der Waals surface area contributed by atoms with Gasteiger partial charge in [0.1, 0.15) is 0 Å². The van der Waals surface area contributed by atoms with Crippen molar-refractivity contribution in [2.24, 2.45) is 0 Å².